The molecule has 15 heavy (non-hydrogen) atoms. The zero-order valence-corrected chi connectivity index (χ0v) is 7.95. The van der Waals surface area contributed by atoms with E-state index in [0.717, 1.165) is 5.52 Å². The lowest BCUT2D eigenvalue weighted by Gasteiger charge is -2.05. The number of benzene rings is 1. The van der Waals surface area contributed by atoms with Crippen LogP contribution >= 0.6 is 0 Å². The molecule has 0 aliphatic rings. The second kappa shape index (κ2) is 3.49. The maximum atomic E-state index is 10.3. The molecule has 0 atom stereocenters. The first-order valence-electron chi connectivity index (χ1n) is 4.42. The predicted octanol–water partition coefficient (Wildman–Crippen LogP) is 1.59. The Kier molecular flexibility index (Phi) is 2.17. The molecule has 1 amide bonds. The fraction of sp³-hybridized carbons (Fsp3) is 0. The average molecular weight is 202 g/mol. The second-order valence-electron chi connectivity index (χ2n) is 3.14. The van der Waals surface area contributed by atoms with E-state index < -0.39 is 0 Å². The van der Waals surface area contributed by atoms with Crippen molar-refractivity contribution in [2.75, 3.05) is 0 Å². The van der Waals surface area contributed by atoms with Gasteiger partial charge in [0.1, 0.15) is 5.75 Å². The van der Waals surface area contributed by atoms with Gasteiger partial charge in [0, 0.05) is 23.0 Å². The maximum absolute atomic E-state index is 10.3. The summed E-state index contributed by atoms with van der Waals surface area (Å²) in [4.78, 5) is 13.2. The van der Waals surface area contributed by atoms with Crippen LogP contribution in [0.2, 0.25) is 0 Å². The number of hydrogen-bond acceptors (Lipinski definition) is 2. The fourth-order valence-electron chi connectivity index (χ4n) is 1.57. The van der Waals surface area contributed by atoms with Crippen molar-refractivity contribution in [3.8, 4) is 5.75 Å². The Morgan fingerprint density at radius 2 is 2.33 bits per heavy atom. The van der Waals surface area contributed by atoms with Gasteiger partial charge in [-0.25, -0.2) is 0 Å². The summed E-state index contributed by atoms with van der Waals surface area (Å²) in [7, 11) is 0. The van der Waals surface area contributed by atoms with E-state index >= 15 is 0 Å². The largest absolute Gasteiger partial charge is 0.506 e. The van der Waals surface area contributed by atoms with Gasteiger partial charge in [-0.15, -0.1) is 0 Å². The van der Waals surface area contributed by atoms with Crippen LogP contribution in [0.5, 0.6) is 5.75 Å². The van der Waals surface area contributed by atoms with E-state index in [2.05, 4.69) is 16.9 Å². The molecule has 4 heteroatoms. The molecule has 2 rings (SSSR count). The summed E-state index contributed by atoms with van der Waals surface area (Å²) in [6.45, 7) is 3.72. The number of aromatic hydroxyl groups is 1. The molecular weight excluding hydrogens is 192 g/mol. The van der Waals surface area contributed by atoms with Crippen molar-refractivity contribution in [3.05, 3.63) is 36.5 Å². The summed E-state index contributed by atoms with van der Waals surface area (Å²) in [6.07, 6.45) is 2.06. The van der Waals surface area contributed by atoms with Crippen molar-refractivity contribution >= 4 is 23.0 Å². The number of fused-ring (bicyclic) bond motifs is 1. The van der Waals surface area contributed by atoms with E-state index in [9.17, 15) is 9.90 Å². The van der Waals surface area contributed by atoms with Gasteiger partial charge in [-0.05, 0) is 6.07 Å². The lowest BCUT2D eigenvalue weighted by molar-refractivity contribution is -0.108. The summed E-state index contributed by atoms with van der Waals surface area (Å²) in [6, 6.07) is 5.45. The summed E-state index contributed by atoms with van der Waals surface area (Å²) < 4.78 is 0. The third-order valence-electron chi connectivity index (χ3n) is 2.24. The Morgan fingerprint density at radius 3 is 3.07 bits per heavy atom. The minimum absolute atomic E-state index is 0.148. The number of rotatable bonds is 3. The molecule has 0 aliphatic heterocycles. The number of carbonyl (C=O) groups excluding carboxylic acids is 1. The molecular formula is C11H10N2O2. The van der Waals surface area contributed by atoms with Crippen molar-refractivity contribution in [1.29, 1.82) is 0 Å². The van der Waals surface area contributed by atoms with Gasteiger partial charge in [-0.1, -0.05) is 18.7 Å². The Morgan fingerprint density at radius 1 is 1.53 bits per heavy atom. The van der Waals surface area contributed by atoms with E-state index in [1.165, 1.54) is 6.20 Å². The number of hydrogen-bond donors (Lipinski definition) is 3. The van der Waals surface area contributed by atoms with Gasteiger partial charge in [-0.2, -0.15) is 0 Å². The van der Waals surface area contributed by atoms with Crippen LogP contribution in [-0.4, -0.2) is 16.5 Å². The monoisotopic (exact) mass is 202 g/mol. The van der Waals surface area contributed by atoms with Gasteiger partial charge in [0.25, 0.3) is 0 Å². The molecule has 0 bridgehead atoms. The third-order valence-corrected chi connectivity index (χ3v) is 2.24. The van der Waals surface area contributed by atoms with Crippen molar-refractivity contribution in [2.24, 2.45) is 0 Å². The van der Waals surface area contributed by atoms with Crippen LogP contribution in [0.4, 0.5) is 0 Å². The summed E-state index contributed by atoms with van der Waals surface area (Å²) >= 11 is 0. The van der Waals surface area contributed by atoms with Gasteiger partial charge in [0.15, 0.2) is 0 Å². The lowest BCUT2D eigenvalue weighted by atomic mass is 10.1. The number of aromatic nitrogens is 1. The average Bonchev–Trinajstić information content (AvgIpc) is 2.61. The van der Waals surface area contributed by atoms with E-state index in [-0.39, 0.29) is 5.75 Å². The zero-order chi connectivity index (χ0) is 10.8. The summed E-state index contributed by atoms with van der Waals surface area (Å²) in [5.41, 5.74) is 1.97. The first kappa shape index (κ1) is 9.33. The molecule has 0 spiro atoms. The summed E-state index contributed by atoms with van der Waals surface area (Å²) in [5.74, 6) is 0.148. The predicted molar refractivity (Wildman–Crippen MR) is 58.2 cm³/mol. The molecule has 0 unspecified atom stereocenters. The molecule has 1 heterocycles. The molecule has 0 fully saturated rings. The van der Waals surface area contributed by atoms with Gasteiger partial charge < -0.3 is 15.4 Å². The number of carbonyl (C=O) groups is 1. The molecule has 1 aromatic heterocycles. The highest BCUT2D eigenvalue weighted by molar-refractivity contribution is 5.97. The molecule has 1 aromatic carbocycles. The van der Waals surface area contributed by atoms with Crippen LogP contribution < -0.4 is 5.32 Å². The summed E-state index contributed by atoms with van der Waals surface area (Å²) in [5, 5.41) is 12.8. The SMILES string of the molecule is C=C(NC=O)c1cccc2[nH]cc(O)c12. The Balaban J connectivity index is 2.64. The normalized spacial score (nSPS) is 10.1. The molecule has 0 radical (unpaired) electrons. The maximum Gasteiger partial charge on any atom is 0.211 e. The molecule has 0 saturated heterocycles. The van der Waals surface area contributed by atoms with Crippen LogP contribution in [0.3, 0.4) is 0 Å². The molecule has 3 N–H and O–H groups in total. The first-order valence-corrected chi connectivity index (χ1v) is 4.42. The number of H-pyrrole nitrogens is 1. The molecule has 0 aliphatic carbocycles. The van der Waals surface area contributed by atoms with Crippen molar-refractivity contribution in [1.82, 2.24) is 10.3 Å². The van der Waals surface area contributed by atoms with Gasteiger partial charge in [0.2, 0.25) is 6.41 Å². The Bertz CT molecular complexity index is 528. The Labute approximate surface area is 86.2 Å². The Hall–Kier alpha value is -2.23. The van der Waals surface area contributed by atoms with Gasteiger partial charge in [0.05, 0.1) is 5.39 Å². The van der Waals surface area contributed by atoms with Crippen LogP contribution in [0.15, 0.2) is 31.0 Å². The topological polar surface area (TPSA) is 65.1 Å². The smallest absolute Gasteiger partial charge is 0.211 e. The van der Waals surface area contributed by atoms with Crippen molar-refractivity contribution < 1.29 is 9.90 Å². The number of aromatic amines is 1. The highest BCUT2D eigenvalue weighted by atomic mass is 16.3. The van der Waals surface area contributed by atoms with E-state index in [1.54, 1.807) is 6.07 Å². The number of nitrogens with one attached hydrogen (secondary N) is 2. The molecule has 0 saturated carbocycles. The van der Waals surface area contributed by atoms with Crippen LogP contribution in [-0.2, 0) is 4.79 Å². The number of amides is 1. The van der Waals surface area contributed by atoms with E-state index in [1.807, 2.05) is 12.1 Å². The zero-order valence-electron chi connectivity index (χ0n) is 7.95. The highest BCUT2D eigenvalue weighted by Crippen LogP contribution is 2.30. The minimum Gasteiger partial charge on any atom is -0.506 e. The molecule has 2 aromatic rings. The van der Waals surface area contributed by atoms with Crippen LogP contribution in [0.25, 0.3) is 16.6 Å². The van der Waals surface area contributed by atoms with Crippen molar-refractivity contribution in [3.63, 3.8) is 0 Å². The lowest BCUT2D eigenvalue weighted by Crippen LogP contribution is -2.07. The van der Waals surface area contributed by atoms with E-state index in [0.29, 0.717) is 23.1 Å². The molecule has 4 nitrogen and oxygen atoms in total. The first-order chi connectivity index (χ1) is 7.24. The molecule has 76 valence electrons. The fourth-order valence-corrected chi connectivity index (χ4v) is 1.57. The van der Waals surface area contributed by atoms with E-state index in [4.69, 9.17) is 0 Å². The highest BCUT2D eigenvalue weighted by Gasteiger charge is 2.09. The van der Waals surface area contributed by atoms with Crippen LogP contribution in [0.1, 0.15) is 5.56 Å². The van der Waals surface area contributed by atoms with Crippen molar-refractivity contribution in [2.45, 2.75) is 0 Å². The van der Waals surface area contributed by atoms with Crippen LogP contribution in [0, 0.1) is 0 Å². The third kappa shape index (κ3) is 1.46. The standard InChI is InChI=1S/C11H10N2O2/c1-7(13-6-14)8-3-2-4-9-11(8)10(15)5-12-9/h2-6,12,15H,1H2,(H,13,14). The minimum atomic E-state index is 0.148. The quantitative estimate of drug-likeness (QED) is 0.662. The van der Waals surface area contributed by atoms with Gasteiger partial charge >= 0.3 is 0 Å². The van der Waals surface area contributed by atoms with Gasteiger partial charge in [-0.3, -0.25) is 4.79 Å². The second-order valence-corrected chi connectivity index (χ2v) is 3.14.